The van der Waals surface area contributed by atoms with E-state index in [0.29, 0.717) is 25.7 Å². The van der Waals surface area contributed by atoms with Crippen LogP contribution in [0.3, 0.4) is 0 Å². The van der Waals surface area contributed by atoms with Crippen LogP contribution in [0.25, 0.3) is 0 Å². The van der Waals surface area contributed by atoms with Crippen molar-refractivity contribution in [1.82, 2.24) is 5.32 Å². The van der Waals surface area contributed by atoms with Crippen LogP contribution < -0.4 is 5.32 Å². The quantitative estimate of drug-likeness (QED) is 0.690. The summed E-state index contributed by atoms with van der Waals surface area (Å²) in [4.78, 5) is 23.0. The largest absolute Gasteiger partial charge is 0.508 e. The number of hydrogen-bond acceptors (Lipinski definition) is 4. The third kappa shape index (κ3) is 2.80. The number of phenols is 2. The number of phenolic OH excluding ortho intramolecular Hbond substituents is 2. The van der Waals surface area contributed by atoms with E-state index in [1.165, 1.54) is 18.2 Å². The molecule has 2 rings (SSSR count). The first-order valence-corrected chi connectivity index (χ1v) is 5.91. The summed E-state index contributed by atoms with van der Waals surface area (Å²) in [5, 5.41) is 21.6. The van der Waals surface area contributed by atoms with Gasteiger partial charge in [0.15, 0.2) is 0 Å². The number of carbonyl (C=O) groups excluding carboxylic acids is 2. The summed E-state index contributed by atoms with van der Waals surface area (Å²) in [5.41, 5.74) is 0.0481. The minimum absolute atomic E-state index is 0.0445. The van der Waals surface area contributed by atoms with Crippen LogP contribution in [0.4, 0.5) is 0 Å². The lowest BCUT2D eigenvalue weighted by Crippen LogP contribution is -2.37. The van der Waals surface area contributed by atoms with Crippen molar-refractivity contribution >= 4 is 11.7 Å². The average molecular weight is 249 g/mol. The zero-order valence-corrected chi connectivity index (χ0v) is 9.85. The number of benzene rings is 1. The van der Waals surface area contributed by atoms with Crippen LogP contribution in [-0.4, -0.2) is 27.9 Å². The third-order valence-electron chi connectivity index (χ3n) is 3.10. The Morgan fingerprint density at radius 3 is 2.56 bits per heavy atom. The first kappa shape index (κ1) is 12.4. The van der Waals surface area contributed by atoms with Gasteiger partial charge in [-0.1, -0.05) is 0 Å². The highest BCUT2D eigenvalue weighted by Crippen LogP contribution is 2.23. The van der Waals surface area contributed by atoms with Crippen molar-refractivity contribution in [2.45, 2.75) is 31.7 Å². The maximum atomic E-state index is 11.9. The third-order valence-corrected chi connectivity index (χ3v) is 3.10. The lowest BCUT2D eigenvalue weighted by atomic mass is 9.94. The van der Waals surface area contributed by atoms with Gasteiger partial charge in [-0.15, -0.1) is 0 Å². The Morgan fingerprint density at radius 2 is 1.89 bits per heavy atom. The number of rotatable bonds is 2. The summed E-state index contributed by atoms with van der Waals surface area (Å²) in [5.74, 6) is -0.447. The van der Waals surface area contributed by atoms with Gasteiger partial charge >= 0.3 is 0 Å². The van der Waals surface area contributed by atoms with Crippen LogP contribution in [0.5, 0.6) is 11.5 Å². The molecule has 3 N–H and O–H groups in total. The SMILES string of the molecule is O=C1CCC(NC(=O)c2cc(O)ccc2O)CC1. The molecule has 1 saturated carbocycles. The molecule has 0 unspecified atom stereocenters. The van der Waals surface area contributed by atoms with Gasteiger partial charge in [-0.05, 0) is 31.0 Å². The Balaban J connectivity index is 2.03. The molecule has 5 heteroatoms. The van der Waals surface area contributed by atoms with Crippen molar-refractivity contribution in [2.75, 3.05) is 0 Å². The van der Waals surface area contributed by atoms with Gasteiger partial charge in [0, 0.05) is 18.9 Å². The van der Waals surface area contributed by atoms with Gasteiger partial charge in [-0.2, -0.15) is 0 Å². The molecule has 0 heterocycles. The molecule has 1 amide bonds. The van der Waals surface area contributed by atoms with E-state index in [4.69, 9.17) is 0 Å². The first-order chi connectivity index (χ1) is 8.56. The molecular weight excluding hydrogens is 234 g/mol. The summed E-state index contributed by atoms with van der Waals surface area (Å²) in [7, 11) is 0. The molecule has 5 nitrogen and oxygen atoms in total. The molecule has 1 aliphatic carbocycles. The Morgan fingerprint density at radius 1 is 1.22 bits per heavy atom. The summed E-state index contributed by atoms with van der Waals surface area (Å²) in [6.45, 7) is 0. The van der Waals surface area contributed by atoms with Crippen molar-refractivity contribution < 1.29 is 19.8 Å². The van der Waals surface area contributed by atoms with E-state index in [9.17, 15) is 19.8 Å². The highest BCUT2D eigenvalue weighted by molar-refractivity contribution is 5.97. The predicted octanol–water partition coefficient (Wildman–Crippen LogP) is 1.34. The molecule has 0 aromatic heterocycles. The maximum absolute atomic E-state index is 11.9. The fourth-order valence-electron chi connectivity index (χ4n) is 2.05. The van der Waals surface area contributed by atoms with Crippen molar-refractivity contribution in [3.05, 3.63) is 23.8 Å². The van der Waals surface area contributed by atoms with Crippen molar-refractivity contribution in [1.29, 1.82) is 0 Å². The zero-order chi connectivity index (χ0) is 13.1. The molecule has 0 radical (unpaired) electrons. The molecule has 0 bridgehead atoms. The van der Waals surface area contributed by atoms with Crippen LogP contribution in [0.15, 0.2) is 18.2 Å². The van der Waals surface area contributed by atoms with E-state index in [2.05, 4.69) is 5.32 Å². The van der Waals surface area contributed by atoms with E-state index >= 15 is 0 Å². The van der Waals surface area contributed by atoms with Gasteiger partial charge in [-0.3, -0.25) is 9.59 Å². The number of nitrogens with one attached hydrogen (secondary N) is 1. The van der Waals surface area contributed by atoms with Crippen molar-refractivity contribution in [3.8, 4) is 11.5 Å². The Hall–Kier alpha value is -2.04. The van der Waals surface area contributed by atoms with Crippen LogP contribution in [-0.2, 0) is 4.79 Å². The summed E-state index contributed by atoms with van der Waals surface area (Å²) in [6.07, 6.45) is 2.22. The van der Waals surface area contributed by atoms with E-state index in [0.717, 1.165) is 0 Å². The van der Waals surface area contributed by atoms with Crippen LogP contribution in [0, 0.1) is 0 Å². The normalized spacial score (nSPS) is 16.6. The lowest BCUT2D eigenvalue weighted by molar-refractivity contribution is -0.120. The molecule has 1 aromatic carbocycles. The van der Waals surface area contributed by atoms with Gasteiger partial charge in [-0.25, -0.2) is 0 Å². The molecule has 0 atom stereocenters. The van der Waals surface area contributed by atoms with Gasteiger partial charge in [0.2, 0.25) is 0 Å². The molecule has 18 heavy (non-hydrogen) atoms. The highest BCUT2D eigenvalue weighted by atomic mass is 16.3. The second-order valence-corrected chi connectivity index (χ2v) is 4.49. The standard InChI is InChI=1S/C13H15NO4/c15-9-3-1-8(2-4-9)14-13(18)11-7-10(16)5-6-12(11)17/h5-8,16-17H,1-4H2,(H,14,18). The number of hydrogen-bond donors (Lipinski definition) is 3. The monoisotopic (exact) mass is 249 g/mol. The summed E-state index contributed by atoms with van der Waals surface area (Å²) in [6, 6.07) is 3.76. The Bertz CT molecular complexity index is 474. The van der Waals surface area contributed by atoms with E-state index < -0.39 is 5.91 Å². The number of ketones is 1. The molecule has 1 fully saturated rings. The van der Waals surface area contributed by atoms with E-state index in [-0.39, 0.29) is 28.9 Å². The fraction of sp³-hybridized carbons (Fsp3) is 0.385. The number of Topliss-reactive ketones (excluding diaryl/α,β-unsaturated/α-hetero) is 1. The Labute approximate surface area is 104 Å². The minimum atomic E-state index is -0.428. The first-order valence-electron chi connectivity index (χ1n) is 5.91. The van der Waals surface area contributed by atoms with Crippen LogP contribution in [0.2, 0.25) is 0 Å². The maximum Gasteiger partial charge on any atom is 0.255 e. The van der Waals surface area contributed by atoms with Gasteiger partial charge in [0.25, 0.3) is 5.91 Å². The van der Waals surface area contributed by atoms with E-state index in [1.807, 2.05) is 0 Å². The predicted molar refractivity (Wildman–Crippen MR) is 64.5 cm³/mol. The van der Waals surface area contributed by atoms with Gasteiger partial charge in [0.1, 0.15) is 17.3 Å². The van der Waals surface area contributed by atoms with Crippen molar-refractivity contribution in [2.24, 2.45) is 0 Å². The molecule has 0 aliphatic heterocycles. The topological polar surface area (TPSA) is 86.6 Å². The number of aromatic hydroxyl groups is 2. The van der Waals surface area contributed by atoms with Crippen molar-refractivity contribution in [3.63, 3.8) is 0 Å². The average Bonchev–Trinajstić information content (AvgIpc) is 2.35. The van der Waals surface area contributed by atoms with Gasteiger partial charge < -0.3 is 15.5 Å². The molecular formula is C13H15NO4. The molecule has 0 spiro atoms. The number of amides is 1. The minimum Gasteiger partial charge on any atom is -0.508 e. The van der Waals surface area contributed by atoms with Gasteiger partial charge in [0.05, 0.1) is 5.56 Å². The highest BCUT2D eigenvalue weighted by Gasteiger charge is 2.22. The number of carbonyl (C=O) groups is 2. The lowest BCUT2D eigenvalue weighted by Gasteiger charge is -2.22. The molecule has 96 valence electrons. The zero-order valence-electron chi connectivity index (χ0n) is 9.85. The molecule has 1 aromatic rings. The Kier molecular flexibility index (Phi) is 3.50. The second kappa shape index (κ2) is 5.08. The van der Waals surface area contributed by atoms with Crippen LogP contribution >= 0.6 is 0 Å². The fourth-order valence-corrected chi connectivity index (χ4v) is 2.05. The molecule has 1 aliphatic rings. The molecule has 0 saturated heterocycles. The summed E-state index contributed by atoms with van der Waals surface area (Å²) >= 11 is 0. The second-order valence-electron chi connectivity index (χ2n) is 4.49. The smallest absolute Gasteiger partial charge is 0.255 e. The van der Waals surface area contributed by atoms with Crippen LogP contribution in [0.1, 0.15) is 36.0 Å². The summed E-state index contributed by atoms with van der Waals surface area (Å²) < 4.78 is 0. The van der Waals surface area contributed by atoms with E-state index in [1.54, 1.807) is 0 Å².